The predicted molar refractivity (Wildman–Crippen MR) is 84.0 cm³/mol. The first-order valence-electron chi connectivity index (χ1n) is 7.16. The molecule has 0 spiro atoms. The molecule has 0 saturated carbocycles. The summed E-state index contributed by atoms with van der Waals surface area (Å²) >= 11 is 1.85. The minimum absolute atomic E-state index is 0.815. The van der Waals surface area contributed by atoms with E-state index in [0.717, 1.165) is 17.5 Å². The topological polar surface area (TPSA) is 27.6 Å². The number of likely N-dealkylation sites (tertiary alicyclic amines) is 1. The highest BCUT2D eigenvalue weighted by molar-refractivity contribution is 8.14. The van der Waals surface area contributed by atoms with Crippen molar-refractivity contribution in [2.24, 2.45) is 4.99 Å². The first kappa shape index (κ1) is 13.0. The van der Waals surface area contributed by atoms with Gasteiger partial charge in [-0.1, -0.05) is 36.4 Å². The zero-order valence-electron chi connectivity index (χ0n) is 11.3. The van der Waals surface area contributed by atoms with E-state index in [-0.39, 0.29) is 0 Å². The molecule has 0 radical (unpaired) electrons. The highest BCUT2D eigenvalue weighted by Crippen LogP contribution is 2.23. The Kier molecular flexibility index (Phi) is 4.41. The lowest BCUT2D eigenvalue weighted by Crippen LogP contribution is -2.32. The van der Waals surface area contributed by atoms with Crippen LogP contribution in [-0.4, -0.2) is 35.5 Å². The molecule has 0 aromatic heterocycles. The number of hydrogen-bond acceptors (Lipinski definition) is 4. The van der Waals surface area contributed by atoms with Crippen LogP contribution in [0.25, 0.3) is 0 Å². The summed E-state index contributed by atoms with van der Waals surface area (Å²) in [5, 5.41) is 4.51. The SMILES string of the molecule is c1ccc2c(c1)CN=C(SCCN1CCCCC1)N2. The van der Waals surface area contributed by atoms with E-state index in [4.69, 9.17) is 0 Å². The number of para-hydroxylation sites is 1. The van der Waals surface area contributed by atoms with Crippen molar-refractivity contribution in [3.05, 3.63) is 29.8 Å². The van der Waals surface area contributed by atoms with E-state index in [9.17, 15) is 0 Å². The number of fused-ring (bicyclic) bond motifs is 1. The summed E-state index contributed by atoms with van der Waals surface area (Å²) in [6.07, 6.45) is 4.16. The average molecular weight is 275 g/mol. The van der Waals surface area contributed by atoms with E-state index < -0.39 is 0 Å². The van der Waals surface area contributed by atoms with Gasteiger partial charge in [-0.05, 0) is 37.6 Å². The van der Waals surface area contributed by atoms with Crippen LogP contribution in [0.2, 0.25) is 0 Å². The van der Waals surface area contributed by atoms with Gasteiger partial charge in [0.25, 0.3) is 0 Å². The highest BCUT2D eigenvalue weighted by atomic mass is 32.2. The van der Waals surface area contributed by atoms with Crippen molar-refractivity contribution in [1.82, 2.24) is 4.90 Å². The van der Waals surface area contributed by atoms with Crippen LogP contribution in [0.15, 0.2) is 29.3 Å². The third-order valence-electron chi connectivity index (χ3n) is 3.75. The number of rotatable bonds is 3. The molecular weight excluding hydrogens is 254 g/mol. The molecule has 0 atom stereocenters. The van der Waals surface area contributed by atoms with Gasteiger partial charge in [0.05, 0.1) is 6.54 Å². The van der Waals surface area contributed by atoms with Crippen LogP contribution in [0.3, 0.4) is 0 Å². The second kappa shape index (κ2) is 6.44. The number of nitrogens with zero attached hydrogens (tertiary/aromatic N) is 2. The van der Waals surface area contributed by atoms with Crippen LogP contribution in [-0.2, 0) is 6.54 Å². The average Bonchev–Trinajstić information content (AvgIpc) is 2.48. The molecule has 4 heteroatoms. The smallest absolute Gasteiger partial charge is 0.161 e. The molecule has 3 nitrogen and oxygen atoms in total. The Balaban J connectivity index is 1.45. The van der Waals surface area contributed by atoms with Gasteiger partial charge in [0.2, 0.25) is 0 Å². The van der Waals surface area contributed by atoms with Crippen LogP contribution in [0, 0.1) is 0 Å². The van der Waals surface area contributed by atoms with E-state index in [1.807, 2.05) is 11.8 Å². The maximum absolute atomic E-state index is 4.60. The zero-order chi connectivity index (χ0) is 12.9. The summed E-state index contributed by atoms with van der Waals surface area (Å²) < 4.78 is 0. The van der Waals surface area contributed by atoms with Crippen LogP contribution in [0.4, 0.5) is 5.69 Å². The van der Waals surface area contributed by atoms with Gasteiger partial charge < -0.3 is 10.2 Å². The number of benzene rings is 1. The molecule has 2 aliphatic heterocycles. The Morgan fingerprint density at radius 3 is 2.89 bits per heavy atom. The van der Waals surface area contributed by atoms with Crippen molar-refractivity contribution >= 4 is 22.6 Å². The second-order valence-electron chi connectivity index (χ2n) is 5.15. The Labute approximate surface area is 119 Å². The molecule has 1 aromatic carbocycles. The Morgan fingerprint density at radius 1 is 1.16 bits per heavy atom. The van der Waals surface area contributed by atoms with Crippen molar-refractivity contribution in [2.45, 2.75) is 25.8 Å². The number of nitrogens with one attached hydrogen (secondary N) is 1. The lowest BCUT2D eigenvalue weighted by atomic mass is 10.1. The largest absolute Gasteiger partial charge is 0.335 e. The van der Waals surface area contributed by atoms with Gasteiger partial charge in [-0.25, -0.2) is 0 Å². The summed E-state index contributed by atoms with van der Waals surface area (Å²) in [5.41, 5.74) is 2.51. The maximum atomic E-state index is 4.60. The van der Waals surface area contributed by atoms with E-state index in [1.165, 1.54) is 50.1 Å². The highest BCUT2D eigenvalue weighted by Gasteiger charge is 2.13. The number of amidine groups is 1. The number of hydrogen-bond donors (Lipinski definition) is 1. The van der Waals surface area contributed by atoms with Gasteiger partial charge in [-0.15, -0.1) is 0 Å². The monoisotopic (exact) mass is 275 g/mol. The third-order valence-corrected chi connectivity index (χ3v) is 4.64. The van der Waals surface area contributed by atoms with Crippen LogP contribution in [0.5, 0.6) is 0 Å². The standard InChI is InChI=1S/C15H21N3S/c1-4-8-18(9-5-1)10-11-19-15-16-12-13-6-2-3-7-14(13)17-15/h2-3,6-7H,1,4-5,8-12H2,(H,16,17). The van der Waals surface area contributed by atoms with Gasteiger partial charge in [0.15, 0.2) is 5.17 Å². The van der Waals surface area contributed by atoms with E-state index in [1.54, 1.807) is 0 Å². The number of anilines is 1. The van der Waals surface area contributed by atoms with Crippen molar-refractivity contribution in [3.8, 4) is 0 Å². The molecule has 0 aliphatic carbocycles. The van der Waals surface area contributed by atoms with Gasteiger partial charge in [-0.3, -0.25) is 4.99 Å². The summed E-state index contributed by atoms with van der Waals surface area (Å²) in [6.45, 7) is 4.56. The number of aliphatic imine (C=N–C) groups is 1. The Hall–Kier alpha value is -1.00. The lowest BCUT2D eigenvalue weighted by Gasteiger charge is -2.26. The molecule has 0 bridgehead atoms. The Bertz CT molecular complexity index is 452. The minimum Gasteiger partial charge on any atom is -0.335 e. The summed E-state index contributed by atoms with van der Waals surface area (Å²) in [5.74, 6) is 1.13. The van der Waals surface area contributed by atoms with Gasteiger partial charge in [0.1, 0.15) is 0 Å². The van der Waals surface area contributed by atoms with Crippen molar-refractivity contribution < 1.29 is 0 Å². The summed E-state index contributed by atoms with van der Waals surface area (Å²) in [7, 11) is 0. The molecule has 3 rings (SSSR count). The second-order valence-corrected chi connectivity index (χ2v) is 6.24. The molecular formula is C15H21N3S. The van der Waals surface area contributed by atoms with Crippen LogP contribution >= 0.6 is 11.8 Å². The van der Waals surface area contributed by atoms with Crippen molar-refractivity contribution in [2.75, 3.05) is 30.7 Å². The Morgan fingerprint density at radius 2 is 2.00 bits per heavy atom. The maximum Gasteiger partial charge on any atom is 0.161 e. The molecule has 0 amide bonds. The fourth-order valence-corrected chi connectivity index (χ4v) is 3.51. The predicted octanol–water partition coefficient (Wildman–Crippen LogP) is 3.19. The van der Waals surface area contributed by atoms with E-state index >= 15 is 0 Å². The lowest BCUT2D eigenvalue weighted by molar-refractivity contribution is 0.242. The molecule has 0 unspecified atom stereocenters. The third kappa shape index (κ3) is 3.51. The molecule has 2 aliphatic rings. The fourth-order valence-electron chi connectivity index (χ4n) is 2.63. The van der Waals surface area contributed by atoms with E-state index in [2.05, 4.69) is 39.5 Å². The normalized spacial score (nSPS) is 19.5. The first-order valence-corrected chi connectivity index (χ1v) is 8.15. The van der Waals surface area contributed by atoms with Crippen molar-refractivity contribution in [1.29, 1.82) is 0 Å². The molecule has 1 N–H and O–H groups in total. The molecule has 1 aromatic rings. The van der Waals surface area contributed by atoms with E-state index in [0.29, 0.717) is 0 Å². The summed E-state index contributed by atoms with van der Waals surface area (Å²) in [6, 6.07) is 8.42. The number of piperidine rings is 1. The van der Waals surface area contributed by atoms with Crippen LogP contribution < -0.4 is 5.32 Å². The molecule has 19 heavy (non-hydrogen) atoms. The molecule has 2 heterocycles. The van der Waals surface area contributed by atoms with Crippen LogP contribution in [0.1, 0.15) is 24.8 Å². The van der Waals surface area contributed by atoms with Crippen molar-refractivity contribution in [3.63, 3.8) is 0 Å². The molecule has 102 valence electrons. The van der Waals surface area contributed by atoms with Gasteiger partial charge in [0, 0.05) is 18.0 Å². The van der Waals surface area contributed by atoms with Gasteiger partial charge in [-0.2, -0.15) is 0 Å². The minimum atomic E-state index is 0.815. The van der Waals surface area contributed by atoms with Gasteiger partial charge >= 0.3 is 0 Å². The first-order chi connectivity index (χ1) is 9.42. The molecule has 1 saturated heterocycles. The number of thioether (sulfide) groups is 1. The molecule has 1 fully saturated rings. The summed E-state index contributed by atoms with van der Waals surface area (Å²) in [4.78, 5) is 7.18. The quantitative estimate of drug-likeness (QED) is 0.918. The fraction of sp³-hybridized carbons (Fsp3) is 0.533. The zero-order valence-corrected chi connectivity index (χ0v) is 12.1.